The van der Waals surface area contributed by atoms with E-state index in [-0.39, 0.29) is 17.1 Å². The molecule has 2 rings (SSSR count). The Hall–Kier alpha value is -2.29. The van der Waals surface area contributed by atoms with Gasteiger partial charge < -0.3 is 5.32 Å². The highest BCUT2D eigenvalue weighted by atomic mass is 32.2. The van der Waals surface area contributed by atoms with Crippen LogP contribution in [0.25, 0.3) is 0 Å². The summed E-state index contributed by atoms with van der Waals surface area (Å²) in [6.07, 6.45) is 0. The minimum absolute atomic E-state index is 0.00537. The van der Waals surface area contributed by atoms with Crippen LogP contribution in [0.5, 0.6) is 0 Å². The van der Waals surface area contributed by atoms with Crippen molar-refractivity contribution in [2.45, 2.75) is 18.0 Å². The normalized spacial score (nSPS) is 11.3. The Morgan fingerprint density at radius 2 is 1.57 bits per heavy atom. The molecule has 0 aliphatic heterocycles. The maximum Gasteiger partial charge on any atom is 0.269 e. The number of rotatable bonds is 7. The first-order valence-electron chi connectivity index (χ1n) is 6.89. The Labute approximate surface area is 134 Å². The molecule has 0 spiro atoms. The second kappa shape index (κ2) is 7.32. The maximum absolute atomic E-state index is 12.3. The van der Waals surface area contributed by atoms with Crippen molar-refractivity contribution < 1.29 is 13.3 Å². The molecule has 0 saturated carbocycles. The lowest BCUT2D eigenvalue weighted by molar-refractivity contribution is -0.384. The molecule has 0 aromatic heterocycles. The molecule has 0 atom stereocenters. The van der Waals surface area contributed by atoms with Crippen LogP contribution in [-0.2, 0) is 23.1 Å². The maximum atomic E-state index is 12.3. The van der Waals surface area contributed by atoms with Gasteiger partial charge in [-0.15, -0.1) is 0 Å². The average molecular weight is 335 g/mol. The Morgan fingerprint density at radius 3 is 2.09 bits per heavy atom. The third-order valence-corrected chi connectivity index (χ3v) is 4.71. The molecule has 0 saturated heterocycles. The Balaban J connectivity index is 2.14. The summed E-state index contributed by atoms with van der Waals surface area (Å²) < 4.78 is 27.0. The van der Waals surface area contributed by atoms with Gasteiger partial charge in [0.1, 0.15) is 0 Å². The third kappa shape index (κ3) is 4.35. The number of nitrogens with one attached hydrogen (secondary N) is 2. The van der Waals surface area contributed by atoms with Gasteiger partial charge in [-0.05, 0) is 30.3 Å². The molecular formula is C15H17N3O4S. The molecule has 23 heavy (non-hydrogen) atoms. The van der Waals surface area contributed by atoms with Gasteiger partial charge in [-0.1, -0.05) is 24.3 Å². The lowest BCUT2D eigenvalue weighted by Gasteiger charge is -2.11. The van der Waals surface area contributed by atoms with E-state index in [0.717, 1.165) is 11.1 Å². The van der Waals surface area contributed by atoms with Crippen molar-refractivity contribution in [3.05, 3.63) is 69.8 Å². The SMILES string of the molecule is CNCc1ccccc1CNS(=O)(=O)c1ccc([N+](=O)[O-])cc1. The van der Waals surface area contributed by atoms with Crippen LogP contribution in [0, 0.1) is 10.1 Å². The molecule has 0 unspecified atom stereocenters. The Kier molecular flexibility index (Phi) is 5.43. The van der Waals surface area contributed by atoms with Crippen molar-refractivity contribution in [2.75, 3.05) is 7.05 Å². The molecule has 7 nitrogen and oxygen atoms in total. The second-order valence-corrected chi connectivity index (χ2v) is 6.64. The zero-order valence-corrected chi connectivity index (χ0v) is 13.3. The molecule has 0 heterocycles. The summed E-state index contributed by atoms with van der Waals surface area (Å²) in [7, 11) is -1.91. The molecule has 0 aliphatic carbocycles. The van der Waals surface area contributed by atoms with Gasteiger partial charge in [-0.2, -0.15) is 0 Å². The fourth-order valence-corrected chi connectivity index (χ4v) is 3.10. The van der Waals surface area contributed by atoms with Crippen molar-refractivity contribution in [1.82, 2.24) is 10.0 Å². The highest BCUT2D eigenvalue weighted by Crippen LogP contribution is 2.16. The lowest BCUT2D eigenvalue weighted by Crippen LogP contribution is -2.24. The zero-order chi connectivity index (χ0) is 16.9. The fourth-order valence-electron chi connectivity index (χ4n) is 2.10. The highest BCUT2D eigenvalue weighted by Gasteiger charge is 2.16. The predicted octanol–water partition coefficient (Wildman–Crippen LogP) is 1.79. The van der Waals surface area contributed by atoms with E-state index in [2.05, 4.69) is 10.0 Å². The number of nitro groups is 1. The number of hydrogen-bond donors (Lipinski definition) is 2. The van der Waals surface area contributed by atoms with Gasteiger partial charge in [0.05, 0.1) is 9.82 Å². The standard InChI is InChI=1S/C15H17N3O4S/c1-16-10-12-4-2-3-5-13(12)11-17-23(21,22)15-8-6-14(7-9-15)18(19)20/h2-9,16-17H,10-11H2,1H3. The van der Waals surface area contributed by atoms with Gasteiger partial charge >= 0.3 is 0 Å². The molecule has 0 fully saturated rings. The van der Waals surface area contributed by atoms with Crippen molar-refractivity contribution in [3.63, 3.8) is 0 Å². The van der Waals surface area contributed by atoms with Crippen LogP contribution >= 0.6 is 0 Å². The van der Waals surface area contributed by atoms with Gasteiger partial charge in [0.15, 0.2) is 0 Å². The first-order chi connectivity index (χ1) is 10.9. The van der Waals surface area contributed by atoms with Crippen LogP contribution < -0.4 is 10.0 Å². The number of benzene rings is 2. The number of non-ortho nitro benzene ring substituents is 1. The summed E-state index contributed by atoms with van der Waals surface area (Å²) in [5.41, 5.74) is 1.72. The van der Waals surface area contributed by atoms with E-state index >= 15 is 0 Å². The lowest BCUT2D eigenvalue weighted by atomic mass is 10.1. The molecule has 2 N–H and O–H groups in total. The predicted molar refractivity (Wildman–Crippen MR) is 86.3 cm³/mol. The largest absolute Gasteiger partial charge is 0.316 e. The smallest absolute Gasteiger partial charge is 0.269 e. The molecule has 8 heteroatoms. The van der Waals surface area contributed by atoms with Gasteiger partial charge in [-0.3, -0.25) is 10.1 Å². The van der Waals surface area contributed by atoms with Crippen LogP contribution in [0.15, 0.2) is 53.4 Å². The van der Waals surface area contributed by atoms with Crippen molar-refractivity contribution in [1.29, 1.82) is 0 Å². The van der Waals surface area contributed by atoms with Crippen LogP contribution in [0.1, 0.15) is 11.1 Å². The molecule has 0 amide bonds. The van der Waals surface area contributed by atoms with Gasteiger partial charge in [0.25, 0.3) is 5.69 Å². The number of hydrogen-bond acceptors (Lipinski definition) is 5. The van der Waals surface area contributed by atoms with Gasteiger partial charge in [0, 0.05) is 25.2 Å². The highest BCUT2D eigenvalue weighted by molar-refractivity contribution is 7.89. The van der Waals surface area contributed by atoms with E-state index < -0.39 is 14.9 Å². The van der Waals surface area contributed by atoms with Crippen molar-refractivity contribution in [2.24, 2.45) is 0 Å². The van der Waals surface area contributed by atoms with Crippen molar-refractivity contribution >= 4 is 15.7 Å². The topological polar surface area (TPSA) is 101 Å². The first kappa shape index (κ1) is 17.1. The summed E-state index contributed by atoms with van der Waals surface area (Å²) in [6.45, 7) is 0.784. The molecular weight excluding hydrogens is 318 g/mol. The monoisotopic (exact) mass is 335 g/mol. The van der Waals surface area contributed by atoms with Crippen LogP contribution in [0.3, 0.4) is 0 Å². The summed E-state index contributed by atoms with van der Waals surface area (Å²) in [6, 6.07) is 12.3. The van der Waals surface area contributed by atoms with Crippen LogP contribution in [0.4, 0.5) is 5.69 Å². The van der Waals surface area contributed by atoms with E-state index in [4.69, 9.17) is 0 Å². The summed E-state index contributed by atoms with van der Waals surface area (Å²) in [4.78, 5) is 10.0. The van der Waals surface area contributed by atoms with E-state index in [1.165, 1.54) is 24.3 Å². The number of sulfonamides is 1. The zero-order valence-electron chi connectivity index (χ0n) is 12.5. The molecule has 122 valence electrons. The van der Waals surface area contributed by atoms with E-state index in [9.17, 15) is 18.5 Å². The number of nitro benzene ring substituents is 1. The van der Waals surface area contributed by atoms with Crippen LogP contribution in [-0.4, -0.2) is 20.4 Å². The van der Waals surface area contributed by atoms with Crippen LogP contribution in [0.2, 0.25) is 0 Å². The van der Waals surface area contributed by atoms with Crippen molar-refractivity contribution in [3.8, 4) is 0 Å². The second-order valence-electron chi connectivity index (χ2n) is 4.87. The van der Waals surface area contributed by atoms with Gasteiger partial charge in [-0.25, -0.2) is 13.1 Å². The minimum atomic E-state index is -3.73. The van der Waals surface area contributed by atoms with E-state index in [0.29, 0.717) is 6.54 Å². The Morgan fingerprint density at radius 1 is 1.00 bits per heavy atom. The summed E-state index contributed by atoms with van der Waals surface area (Å²) >= 11 is 0. The number of nitrogens with zero attached hydrogens (tertiary/aromatic N) is 1. The molecule has 0 aliphatic rings. The molecule has 2 aromatic carbocycles. The van der Waals surface area contributed by atoms with E-state index in [1.54, 1.807) is 0 Å². The molecule has 0 radical (unpaired) electrons. The minimum Gasteiger partial charge on any atom is -0.316 e. The third-order valence-electron chi connectivity index (χ3n) is 3.30. The summed E-state index contributed by atoms with van der Waals surface area (Å²) in [5, 5.41) is 13.6. The first-order valence-corrected chi connectivity index (χ1v) is 8.38. The fraction of sp³-hybridized carbons (Fsp3) is 0.200. The molecule has 0 bridgehead atoms. The quantitative estimate of drug-likeness (QED) is 0.593. The average Bonchev–Trinajstić information content (AvgIpc) is 2.54. The molecule has 2 aromatic rings. The Bertz CT molecular complexity index is 789. The van der Waals surface area contributed by atoms with E-state index in [1.807, 2.05) is 31.3 Å². The summed E-state index contributed by atoms with van der Waals surface area (Å²) in [5.74, 6) is 0. The van der Waals surface area contributed by atoms with Gasteiger partial charge in [0.2, 0.25) is 10.0 Å².